The first kappa shape index (κ1) is 16.4. The van der Waals surface area contributed by atoms with Crippen LogP contribution in [0.3, 0.4) is 0 Å². The number of aldehydes is 1. The van der Waals surface area contributed by atoms with E-state index in [1.165, 1.54) is 0 Å². The summed E-state index contributed by atoms with van der Waals surface area (Å²) >= 11 is 0. The lowest BCUT2D eigenvalue weighted by molar-refractivity contribution is -0.137. The van der Waals surface area contributed by atoms with Crippen molar-refractivity contribution in [1.82, 2.24) is 9.97 Å². The zero-order valence-corrected chi connectivity index (χ0v) is 11.1. The maximum atomic E-state index is 12.0. The van der Waals surface area contributed by atoms with Gasteiger partial charge in [0.15, 0.2) is 6.29 Å². The van der Waals surface area contributed by atoms with Crippen molar-refractivity contribution < 1.29 is 18.0 Å². The molecule has 112 valence electrons. The molecule has 0 aliphatic rings. The van der Waals surface area contributed by atoms with Gasteiger partial charge in [0.1, 0.15) is 11.5 Å². The molecule has 8 heteroatoms. The number of hydrogen-bond acceptors (Lipinski definition) is 5. The maximum Gasteiger partial charge on any atom is 0.417 e. The first-order valence-corrected chi connectivity index (χ1v) is 5.75. The summed E-state index contributed by atoms with van der Waals surface area (Å²) in [6, 6.07) is 6.43. The van der Waals surface area contributed by atoms with Gasteiger partial charge in [-0.2, -0.15) is 13.2 Å². The van der Waals surface area contributed by atoms with Crippen molar-refractivity contribution in [3.05, 3.63) is 47.9 Å². The lowest BCUT2D eigenvalue weighted by Gasteiger charge is -2.06. The van der Waals surface area contributed by atoms with E-state index in [1.54, 1.807) is 6.20 Å². The minimum absolute atomic E-state index is 0.187. The zero-order valence-electron chi connectivity index (χ0n) is 11.1. The summed E-state index contributed by atoms with van der Waals surface area (Å²) in [6.45, 7) is 0. The molecule has 2 aromatic heterocycles. The molecule has 0 aliphatic carbocycles. The van der Waals surface area contributed by atoms with Gasteiger partial charge in [-0.3, -0.25) is 9.78 Å². The molecule has 0 atom stereocenters. The van der Waals surface area contributed by atoms with E-state index in [4.69, 9.17) is 5.73 Å². The molecular weight excluding hydrogens is 285 g/mol. The van der Waals surface area contributed by atoms with Crippen molar-refractivity contribution in [3.63, 3.8) is 0 Å². The van der Waals surface area contributed by atoms with Crippen LogP contribution in [0.25, 0.3) is 0 Å². The van der Waals surface area contributed by atoms with Crippen LogP contribution in [0.1, 0.15) is 16.1 Å². The van der Waals surface area contributed by atoms with E-state index in [0.29, 0.717) is 18.5 Å². The first-order chi connectivity index (χ1) is 9.88. The van der Waals surface area contributed by atoms with E-state index in [0.717, 1.165) is 5.82 Å². The Hall–Kier alpha value is -2.64. The van der Waals surface area contributed by atoms with Crippen molar-refractivity contribution >= 4 is 17.8 Å². The molecule has 0 saturated heterocycles. The summed E-state index contributed by atoms with van der Waals surface area (Å²) < 4.78 is 36.1. The number of nitrogen functional groups attached to an aromatic ring is 1. The molecule has 0 aromatic carbocycles. The second-order valence-electron chi connectivity index (χ2n) is 3.78. The standard InChI is InChI=1S/C7H5F3N2O.C6H8N2/c8-7(9,10)4-1-5(11)6(3-13)12-2-4;1-7-6-4-2-3-5-8-6/h1-3H,11H2;2-5H,1H3,(H,7,8). The molecule has 2 aromatic rings. The van der Waals surface area contributed by atoms with E-state index < -0.39 is 11.7 Å². The summed E-state index contributed by atoms with van der Waals surface area (Å²) in [5.41, 5.74) is 3.71. The molecule has 0 fully saturated rings. The van der Waals surface area contributed by atoms with Crippen LogP contribution < -0.4 is 11.1 Å². The summed E-state index contributed by atoms with van der Waals surface area (Å²) in [5.74, 6) is 0.910. The Morgan fingerprint density at radius 3 is 2.38 bits per heavy atom. The van der Waals surface area contributed by atoms with Gasteiger partial charge in [-0.1, -0.05) is 6.07 Å². The highest BCUT2D eigenvalue weighted by Gasteiger charge is 2.31. The Morgan fingerprint density at radius 2 is 2.00 bits per heavy atom. The fourth-order valence-electron chi connectivity index (χ4n) is 1.26. The molecule has 2 rings (SSSR count). The number of nitrogens with one attached hydrogen (secondary N) is 1. The molecule has 0 spiro atoms. The van der Waals surface area contributed by atoms with Crippen molar-refractivity contribution in [2.24, 2.45) is 0 Å². The van der Waals surface area contributed by atoms with E-state index in [1.807, 2.05) is 25.2 Å². The lowest BCUT2D eigenvalue weighted by Crippen LogP contribution is -2.08. The van der Waals surface area contributed by atoms with Crippen LogP contribution in [0.15, 0.2) is 36.7 Å². The average molecular weight is 298 g/mol. The van der Waals surface area contributed by atoms with Crippen molar-refractivity contribution in [1.29, 1.82) is 0 Å². The SMILES string of the molecule is CNc1ccccn1.Nc1cc(C(F)(F)F)cnc1C=O. The van der Waals surface area contributed by atoms with Gasteiger partial charge < -0.3 is 11.1 Å². The molecule has 5 nitrogen and oxygen atoms in total. The largest absolute Gasteiger partial charge is 0.417 e. The molecule has 0 aliphatic heterocycles. The molecule has 0 bridgehead atoms. The van der Waals surface area contributed by atoms with E-state index in [2.05, 4.69) is 15.3 Å². The summed E-state index contributed by atoms with van der Waals surface area (Å²) in [5, 5.41) is 2.92. The van der Waals surface area contributed by atoms with Gasteiger partial charge >= 0.3 is 6.18 Å². The van der Waals surface area contributed by atoms with Crippen molar-refractivity contribution in [3.8, 4) is 0 Å². The minimum atomic E-state index is -4.48. The number of aromatic nitrogens is 2. The van der Waals surface area contributed by atoms with Crippen LogP contribution in [-0.2, 0) is 6.18 Å². The van der Waals surface area contributed by atoms with Crippen LogP contribution in [0.4, 0.5) is 24.7 Å². The number of anilines is 2. The fraction of sp³-hybridized carbons (Fsp3) is 0.154. The molecule has 0 amide bonds. The second-order valence-corrected chi connectivity index (χ2v) is 3.78. The first-order valence-electron chi connectivity index (χ1n) is 5.75. The smallest absolute Gasteiger partial charge is 0.397 e. The third kappa shape index (κ3) is 5.09. The van der Waals surface area contributed by atoms with Crippen LogP contribution in [-0.4, -0.2) is 23.3 Å². The van der Waals surface area contributed by atoms with Gasteiger partial charge in [0.25, 0.3) is 0 Å². The topological polar surface area (TPSA) is 80.9 Å². The van der Waals surface area contributed by atoms with Crippen LogP contribution >= 0.6 is 0 Å². The lowest BCUT2D eigenvalue weighted by atomic mass is 10.2. The van der Waals surface area contributed by atoms with E-state index in [9.17, 15) is 18.0 Å². The number of carbonyl (C=O) groups is 1. The number of rotatable bonds is 2. The fourth-order valence-corrected chi connectivity index (χ4v) is 1.26. The molecule has 0 saturated carbocycles. The molecule has 3 N–H and O–H groups in total. The summed E-state index contributed by atoms with van der Waals surface area (Å²) in [6.07, 6.45) is -1.86. The van der Waals surface area contributed by atoms with E-state index in [-0.39, 0.29) is 11.4 Å². The van der Waals surface area contributed by atoms with E-state index >= 15 is 0 Å². The van der Waals surface area contributed by atoms with Gasteiger partial charge in [0.2, 0.25) is 0 Å². The highest BCUT2D eigenvalue weighted by molar-refractivity contribution is 5.80. The highest BCUT2D eigenvalue weighted by Crippen LogP contribution is 2.29. The Morgan fingerprint density at radius 1 is 1.29 bits per heavy atom. The van der Waals surface area contributed by atoms with Crippen molar-refractivity contribution in [2.75, 3.05) is 18.1 Å². The number of hydrogen-bond donors (Lipinski definition) is 2. The molecule has 21 heavy (non-hydrogen) atoms. The Labute approximate surface area is 119 Å². The van der Waals surface area contributed by atoms with Crippen LogP contribution in [0, 0.1) is 0 Å². The second kappa shape index (κ2) is 7.22. The molecular formula is C13H13F3N4O. The maximum absolute atomic E-state index is 12.0. The van der Waals surface area contributed by atoms with Gasteiger partial charge in [0.05, 0.1) is 11.3 Å². The zero-order chi connectivity index (χ0) is 15.9. The highest BCUT2D eigenvalue weighted by atomic mass is 19.4. The molecule has 2 heterocycles. The normalized spacial score (nSPS) is 10.3. The minimum Gasteiger partial charge on any atom is -0.397 e. The third-order valence-corrected chi connectivity index (χ3v) is 2.31. The Bertz CT molecular complexity index is 588. The van der Waals surface area contributed by atoms with Gasteiger partial charge in [-0.25, -0.2) is 4.98 Å². The number of nitrogens with two attached hydrogens (primary N) is 1. The van der Waals surface area contributed by atoms with Gasteiger partial charge in [0, 0.05) is 19.4 Å². The quantitative estimate of drug-likeness (QED) is 0.833. The van der Waals surface area contributed by atoms with Crippen LogP contribution in [0.5, 0.6) is 0 Å². The predicted octanol–water partition coefficient (Wildman–Crippen LogP) is 2.62. The van der Waals surface area contributed by atoms with Gasteiger partial charge in [-0.15, -0.1) is 0 Å². The number of pyridine rings is 2. The third-order valence-electron chi connectivity index (χ3n) is 2.31. The molecule has 0 unspecified atom stereocenters. The average Bonchev–Trinajstić information content (AvgIpc) is 2.47. The monoisotopic (exact) mass is 298 g/mol. The summed E-state index contributed by atoms with van der Waals surface area (Å²) in [7, 11) is 1.85. The molecule has 0 radical (unpaired) electrons. The number of halogens is 3. The predicted molar refractivity (Wildman–Crippen MR) is 72.8 cm³/mol. The summed E-state index contributed by atoms with van der Waals surface area (Å²) in [4.78, 5) is 17.4. The Balaban J connectivity index is 0.000000235. The number of nitrogens with zero attached hydrogens (tertiary/aromatic N) is 2. The van der Waals surface area contributed by atoms with Crippen molar-refractivity contribution in [2.45, 2.75) is 6.18 Å². The number of alkyl halides is 3. The van der Waals surface area contributed by atoms with Gasteiger partial charge in [-0.05, 0) is 18.2 Å². The Kier molecular flexibility index (Phi) is 5.65. The number of carbonyl (C=O) groups excluding carboxylic acids is 1. The van der Waals surface area contributed by atoms with Crippen LogP contribution in [0.2, 0.25) is 0 Å².